The molecule has 0 aromatic heterocycles. The Bertz CT molecular complexity index is 144. The second-order valence-corrected chi connectivity index (χ2v) is 4.80. The Balaban J connectivity index is 0. The van der Waals surface area contributed by atoms with Gasteiger partial charge in [-0.05, 0) is 12.8 Å². The molecule has 0 unspecified atom stereocenters. The molecule has 0 aromatic rings. The van der Waals surface area contributed by atoms with E-state index in [0.29, 0.717) is 0 Å². The Morgan fingerprint density at radius 2 is 1.40 bits per heavy atom. The van der Waals surface area contributed by atoms with Gasteiger partial charge in [0.15, 0.2) is 0 Å². The van der Waals surface area contributed by atoms with Crippen molar-refractivity contribution < 1.29 is 0 Å². The van der Waals surface area contributed by atoms with E-state index in [-0.39, 0.29) is 29.6 Å². The van der Waals surface area contributed by atoms with E-state index < -0.39 is 0 Å². The quantitative estimate of drug-likeness (QED) is 0.306. The van der Waals surface area contributed by atoms with Crippen LogP contribution in [0.2, 0.25) is 0 Å². The number of thiol groups is 1. The molecule has 0 N–H and O–H groups in total. The SMILES string of the molecule is CCCCCN(CCCCC)C(=S)S.[Na]. The van der Waals surface area contributed by atoms with Crippen LogP contribution in [-0.2, 0) is 0 Å². The van der Waals surface area contributed by atoms with E-state index in [2.05, 4.69) is 31.4 Å². The van der Waals surface area contributed by atoms with Crippen LogP contribution in [0.1, 0.15) is 52.4 Å². The molecule has 0 heterocycles. The van der Waals surface area contributed by atoms with Crippen LogP contribution < -0.4 is 0 Å². The van der Waals surface area contributed by atoms with Crippen LogP contribution >= 0.6 is 24.8 Å². The van der Waals surface area contributed by atoms with Crippen LogP contribution in [0.3, 0.4) is 0 Å². The largest absolute Gasteiger partial charge is 0.358 e. The standard InChI is InChI=1S/C11H23NS2.Na/c1-3-5-7-9-12(11(13)14)10-8-6-4-2;/h3-10H2,1-2H3,(H,13,14);. The number of unbranched alkanes of at least 4 members (excludes halogenated alkanes) is 4. The molecule has 0 saturated carbocycles. The van der Waals surface area contributed by atoms with Crippen molar-refractivity contribution in [2.45, 2.75) is 52.4 Å². The summed E-state index contributed by atoms with van der Waals surface area (Å²) in [5, 5.41) is 0. The summed E-state index contributed by atoms with van der Waals surface area (Å²) < 4.78 is 0.761. The summed E-state index contributed by atoms with van der Waals surface area (Å²) in [6.45, 7) is 6.61. The maximum atomic E-state index is 5.11. The summed E-state index contributed by atoms with van der Waals surface area (Å²) in [5.74, 6) is 0. The van der Waals surface area contributed by atoms with Crippen molar-refractivity contribution in [1.82, 2.24) is 4.90 Å². The molecule has 1 nitrogen and oxygen atoms in total. The molecule has 0 aliphatic carbocycles. The number of thiocarbonyl (C=S) groups is 1. The van der Waals surface area contributed by atoms with Crippen molar-refractivity contribution in [3.63, 3.8) is 0 Å². The minimum atomic E-state index is 0. The van der Waals surface area contributed by atoms with Crippen molar-refractivity contribution in [2.24, 2.45) is 0 Å². The molecular formula is C11H23NNaS2. The maximum absolute atomic E-state index is 5.11. The van der Waals surface area contributed by atoms with Crippen molar-refractivity contribution in [3.05, 3.63) is 0 Å². The fraction of sp³-hybridized carbons (Fsp3) is 0.909. The average molecular weight is 256 g/mol. The minimum absolute atomic E-state index is 0. The van der Waals surface area contributed by atoms with Gasteiger partial charge in [0, 0.05) is 42.6 Å². The number of nitrogens with zero attached hydrogens (tertiary/aromatic N) is 1. The molecule has 0 atom stereocenters. The molecule has 0 aliphatic heterocycles. The Morgan fingerprint density at radius 3 is 1.67 bits per heavy atom. The topological polar surface area (TPSA) is 3.24 Å². The predicted molar refractivity (Wildman–Crippen MR) is 78.0 cm³/mol. The summed E-state index contributed by atoms with van der Waals surface area (Å²) in [7, 11) is 0. The van der Waals surface area contributed by atoms with Crippen molar-refractivity contribution in [3.8, 4) is 0 Å². The third-order valence-electron chi connectivity index (χ3n) is 2.33. The average Bonchev–Trinajstić information content (AvgIpc) is 2.15. The number of rotatable bonds is 8. The van der Waals surface area contributed by atoms with Crippen LogP contribution in [0.5, 0.6) is 0 Å². The molecule has 0 aromatic carbocycles. The predicted octanol–water partition coefficient (Wildman–Crippen LogP) is 3.50. The minimum Gasteiger partial charge on any atom is -0.358 e. The van der Waals surface area contributed by atoms with Gasteiger partial charge in [-0.2, -0.15) is 0 Å². The number of hydrogen-bond donors (Lipinski definition) is 1. The fourth-order valence-electron chi connectivity index (χ4n) is 1.41. The Kier molecular flexibility index (Phi) is 16.5. The third kappa shape index (κ3) is 11.5. The number of hydrogen-bond acceptors (Lipinski definition) is 1. The van der Waals surface area contributed by atoms with Gasteiger partial charge in [0.05, 0.1) is 0 Å². The van der Waals surface area contributed by atoms with Gasteiger partial charge in [-0.1, -0.05) is 51.7 Å². The van der Waals surface area contributed by atoms with Crippen molar-refractivity contribution in [1.29, 1.82) is 0 Å². The first-order valence-electron chi connectivity index (χ1n) is 5.70. The zero-order chi connectivity index (χ0) is 10.8. The molecule has 85 valence electrons. The molecule has 0 bridgehead atoms. The van der Waals surface area contributed by atoms with Gasteiger partial charge < -0.3 is 4.90 Å². The molecule has 0 amide bonds. The first kappa shape index (κ1) is 18.6. The van der Waals surface area contributed by atoms with Crippen LogP contribution in [0.25, 0.3) is 0 Å². The first-order valence-corrected chi connectivity index (χ1v) is 6.55. The van der Waals surface area contributed by atoms with Gasteiger partial charge in [-0.25, -0.2) is 0 Å². The summed E-state index contributed by atoms with van der Waals surface area (Å²) >= 11 is 9.36. The van der Waals surface area contributed by atoms with Gasteiger partial charge in [-0.3, -0.25) is 0 Å². The first-order chi connectivity index (χ1) is 6.72. The van der Waals surface area contributed by atoms with E-state index in [4.69, 9.17) is 12.2 Å². The third-order valence-corrected chi connectivity index (χ3v) is 2.87. The van der Waals surface area contributed by atoms with E-state index in [1.54, 1.807) is 0 Å². The summed E-state index contributed by atoms with van der Waals surface area (Å²) in [5.41, 5.74) is 0. The fourth-order valence-corrected chi connectivity index (χ4v) is 1.79. The Labute approximate surface area is 128 Å². The van der Waals surface area contributed by atoms with Gasteiger partial charge in [0.2, 0.25) is 0 Å². The molecule has 0 rings (SSSR count). The second-order valence-electron chi connectivity index (χ2n) is 3.68. The van der Waals surface area contributed by atoms with Crippen LogP contribution in [-0.4, -0.2) is 51.9 Å². The Morgan fingerprint density at radius 1 is 1.00 bits per heavy atom. The molecular weight excluding hydrogens is 233 g/mol. The van der Waals surface area contributed by atoms with E-state index in [1.807, 2.05) is 0 Å². The molecule has 4 heteroatoms. The summed E-state index contributed by atoms with van der Waals surface area (Å²) in [6.07, 6.45) is 7.60. The molecule has 0 aliphatic rings. The van der Waals surface area contributed by atoms with Gasteiger partial charge >= 0.3 is 0 Å². The maximum Gasteiger partial charge on any atom is 0.133 e. The normalized spacial score (nSPS) is 9.53. The second kappa shape index (κ2) is 13.3. The van der Waals surface area contributed by atoms with Crippen molar-refractivity contribution >= 4 is 58.7 Å². The van der Waals surface area contributed by atoms with E-state index in [1.165, 1.54) is 38.5 Å². The van der Waals surface area contributed by atoms with Crippen LogP contribution in [0, 0.1) is 0 Å². The molecule has 0 saturated heterocycles. The molecule has 0 spiro atoms. The van der Waals surface area contributed by atoms with E-state index in [0.717, 1.165) is 17.4 Å². The van der Waals surface area contributed by atoms with Crippen LogP contribution in [0.4, 0.5) is 0 Å². The van der Waals surface area contributed by atoms with Crippen molar-refractivity contribution in [2.75, 3.05) is 13.1 Å². The smallest absolute Gasteiger partial charge is 0.133 e. The van der Waals surface area contributed by atoms with E-state index in [9.17, 15) is 0 Å². The molecule has 15 heavy (non-hydrogen) atoms. The Hall–Kier alpha value is 1.24. The zero-order valence-corrected chi connectivity index (χ0v) is 14.2. The van der Waals surface area contributed by atoms with Gasteiger partial charge in [0.25, 0.3) is 0 Å². The van der Waals surface area contributed by atoms with E-state index >= 15 is 0 Å². The van der Waals surface area contributed by atoms with Gasteiger partial charge in [0.1, 0.15) is 4.32 Å². The van der Waals surface area contributed by atoms with Gasteiger partial charge in [-0.15, -0.1) is 12.6 Å². The summed E-state index contributed by atoms with van der Waals surface area (Å²) in [4.78, 5) is 2.23. The zero-order valence-electron chi connectivity index (χ0n) is 10.5. The van der Waals surface area contributed by atoms with Crippen LogP contribution in [0.15, 0.2) is 0 Å². The molecule has 0 fully saturated rings. The summed E-state index contributed by atoms with van der Waals surface area (Å²) in [6, 6.07) is 0. The molecule has 1 radical (unpaired) electrons. The monoisotopic (exact) mass is 256 g/mol.